The Kier molecular flexibility index (Phi) is 8.49. The molecular formula is C35H39N3O2. The summed E-state index contributed by atoms with van der Waals surface area (Å²) in [6.45, 7) is 8.66. The molecule has 2 heterocycles. The fourth-order valence-electron chi connectivity index (χ4n) is 5.35. The maximum absolute atomic E-state index is 12.9. The van der Waals surface area contributed by atoms with E-state index < -0.39 is 0 Å². The Bertz CT molecular complexity index is 1430. The molecule has 1 aliphatic heterocycles. The zero-order valence-corrected chi connectivity index (χ0v) is 23.8. The molecule has 5 heteroatoms. The van der Waals surface area contributed by atoms with E-state index in [1.165, 1.54) is 18.5 Å². The van der Waals surface area contributed by atoms with Gasteiger partial charge in [0.15, 0.2) is 11.6 Å². The summed E-state index contributed by atoms with van der Waals surface area (Å²) in [5.41, 5.74) is 6.60. The Morgan fingerprint density at radius 3 is 1.88 bits per heavy atom. The van der Waals surface area contributed by atoms with Gasteiger partial charge in [-0.05, 0) is 104 Å². The molecule has 0 radical (unpaired) electrons. The van der Waals surface area contributed by atoms with E-state index in [9.17, 15) is 9.59 Å². The zero-order valence-electron chi connectivity index (χ0n) is 23.8. The lowest BCUT2D eigenvalue weighted by atomic mass is 9.98. The molecule has 5 rings (SSSR count). The first-order chi connectivity index (χ1) is 19.4. The van der Waals surface area contributed by atoms with Crippen LogP contribution in [0.3, 0.4) is 0 Å². The van der Waals surface area contributed by atoms with Gasteiger partial charge in [-0.3, -0.25) is 9.59 Å². The number of carbonyl (C=O) groups excluding carboxylic acids is 2. The second-order valence-corrected chi connectivity index (χ2v) is 11.3. The Hall–Kier alpha value is -4.12. The topological polar surface area (TPSA) is 54.3 Å². The second-order valence-electron chi connectivity index (χ2n) is 11.3. The molecule has 3 aromatic carbocycles. The molecule has 5 nitrogen and oxygen atoms in total. The van der Waals surface area contributed by atoms with Gasteiger partial charge in [-0.1, -0.05) is 31.2 Å². The second kappa shape index (κ2) is 12.4. The van der Waals surface area contributed by atoms with E-state index >= 15 is 0 Å². The highest BCUT2D eigenvalue weighted by molar-refractivity contribution is 5.98. The molecule has 206 valence electrons. The average Bonchev–Trinajstić information content (AvgIpc) is 3.47. The first-order valence-corrected chi connectivity index (χ1v) is 14.4. The standard InChI is InChI=1S/C35H39N3O2/c1-25(2)38-20-4-5-33(38)35(40)24-28-8-14-31(15-9-28)36-30-12-6-27(7-13-30)23-34(39)29-10-16-32(17-11-29)37-21-18-26(3)19-22-37/h4-17,20,25-26,36H,18-19,21-24H2,1-3H3. The van der Waals surface area contributed by atoms with E-state index in [0.29, 0.717) is 12.8 Å². The summed E-state index contributed by atoms with van der Waals surface area (Å²) >= 11 is 0. The lowest BCUT2D eigenvalue weighted by Gasteiger charge is -2.32. The van der Waals surface area contributed by atoms with Crippen LogP contribution in [0.1, 0.15) is 71.6 Å². The third-order valence-corrected chi connectivity index (χ3v) is 7.88. The Morgan fingerprint density at radius 1 is 0.775 bits per heavy atom. The minimum atomic E-state index is 0.122. The molecule has 1 N–H and O–H groups in total. The van der Waals surface area contributed by atoms with E-state index in [1.807, 2.05) is 83.6 Å². The molecule has 0 bridgehead atoms. The third-order valence-electron chi connectivity index (χ3n) is 7.88. The highest BCUT2D eigenvalue weighted by Gasteiger charge is 2.17. The van der Waals surface area contributed by atoms with Crippen molar-refractivity contribution in [1.29, 1.82) is 0 Å². The summed E-state index contributed by atoms with van der Waals surface area (Å²) in [5.74, 6) is 1.05. The van der Waals surface area contributed by atoms with Gasteiger partial charge >= 0.3 is 0 Å². The normalized spacial score (nSPS) is 13.9. The van der Waals surface area contributed by atoms with E-state index in [1.54, 1.807) is 0 Å². The summed E-state index contributed by atoms with van der Waals surface area (Å²) in [4.78, 5) is 28.1. The first kappa shape index (κ1) is 27.4. The molecule has 0 unspecified atom stereocenters. The van der Waals surface area contributed by atoms with Crippen LogP contribution in [0.15, 0.2) is 91.1 Å². The highest BCUT2D eigenvalue weighted by atomic mass is 16.1. The van der Waals surface area contributed by atoms with Crippen LogP contribution in [0.5, 0.6) is 0 Å². The van der Waals surface area contributed by atoms with Crippen molar-refractivity contribution in [3.8, 4) is 0 Å². The lowest BCUT2D eigenvalue weighted by Crippen LogP contribution is -2.32. The molecule has 0 amide bonds. The highest BCUT2D eigenvalue weighted by Crippen LogP contribution is 2.24. The number of rotatable bonds is 10. The summed E-state index contributed by atoms with van der Waals surface area (Å²) in [7, 11) is 0. The van der Waals surface area contributed by atoms with Gasteiger partial charge in [0.05, 0.1) is 5.69 Å². The molecule has 1 saturated heterocycles. The van der Waals surface area contributed by atoms with Crippen LogP contribution in [-0.2, 0) is 12.8 Å². The molecule has 4 aromatic rings. The number of Topliss-reactive ketones (excluding diaryl/α,β-unsaturated/α-hetero) is 2. The Labute approximate surface area is 237 Å². The SMILES string of the molecule is CC1CCN(c2ccc(C(=O)Cc3ccc(Nc4ccc(CC(=O)c5cccn5C(C)C)cc4)cc3)cc2)CC1. The molecule has 40 heavy (non-hydrogen) atoms. The number of anilines is 3. The van der Waals surface area contributed by atoms with Gasteiger partial charge in [0, 0.05) is 60.8 Å². The van der Waals surface area contributed by atoms with E-state index in [-0.39, 0.29) is 17.6 Å². The van der Waals surface area contributed by atoms with E-state index in [2.05, 4.69) is 43.1 Å². The van der Waals surface area contributed by atoms with Crippen LogP contribution >= 0.6 is 0 Å². The number of hydrogen-bond donors (Lipinski definition) is 1. The van der Waals surface area contributed by atoms with Crippen LogP contribution in [0.25, 0.3) is 0 Å². The van der Waals surface area contributed by atoms with Crippen molar-refractivity contribution in [1.82, 2.24) is 4.57 Å². The van der Waals surface area contributed by atoms with Crippen molar-refractivity contribution >= 4 is 28.6 Å². The van der Waals surface area contributed by atoms with Crippen LogP contribution in [0.2, 0.25) is 0 Å². The van der Waals surface area contributed by atoms with Crippen LogP contribution in [0, 0.1) is 5.92 Å². The van der Waals surface area contributed by atoms with Gasteiger partial charge in [0.1, 0.15) is 0 Å². The summed E-state index contributed by atoms with van der Waals surface area (Å²) in [6.07, 6.45) is 5.17. The maximum atomic E-state index is 12.9. The fourth-order valence-corrected chi connectivity index (χ4v) is 5.35. The molecule has 0 atom stereocenters. The monoisotopic (exact) mass is 533 g/mol. The number of aromatic nitrogens is 1. The number of hydrogen-bond acceptors (Lipinski definition) is 4. The minimum Gasteiger partial charge on any atom is -0.372 e. The van der Waals surface area contributed by atoms with Crippen molar-refractivity contribution in [2.45, 2.75) is 52.5 Å². The number of nitrogens with one attached hydrogen (secondary N) is 1. The van der Waals surface area contributed by atoms with Gasteiger partial charge < -0.3 is 14.8 Å². The van der Waals surface area contributed by atoms with Crippen molar-refractivity contribution in [2.75, 3.05) is 23.3 Å². The number of ketones is 2. The van der Waals surface area contributed by atoms with Crippen LogP contribution in [-0.4, -0.2) is 29.2 Å². The molecule has 1 aliphatic rings. The largest absolute Gasteiger partial charge is 0.372 e. The summed E-state index contributed by atoms with van der Waals surface area (Å²) in [6, 6.07) is 28.1. The van der Waals surface area contributed by atoms with Crippen molar-refractivity contribution < 1.29 is 9.59 Å². The predicted molar refractivity (Wildman–Crippen MR) is 164 cm³/mol. The van der Waals surface area contributed by atoms with Gasteiger partial charge in [0.2, 0.25) is 0 Å². The summed E-state index contributed by atoms with van der Waals surface area (Å²) in [5, 5.41) is 3.41. The molecular weight excluding hydrogens is 494 g/mol. The third kappa shape index (κ3) is 6.71. The van der Waals surface area contributed by atoms with Crippen molar-refractivity contribution in [3.63, 3.8) is 0 Å². The zero-order chi connectivity index (χ0) is 28.1. The molecule has 1 aromatic heterocycles. The van der Waals surface area contributed by atoms with Gasteiger partial charge in [-0.25, -0.2) is 0 Å². The first-order valence-electron chi connectivity index (χ1n) is 14.4. The fraction of sp³-hybridized carbons (Fsp3) is 0.314. The quantitative estimate of drug-likeness (QED) is 0.211. The predicted octanol–water partition coefficient (Wildman–Crippen LogP) is 7.90. The Morgan fingerprint density at radius 2 is 1.32 bits per heavy atom. The van der Waals surface area contributed by atoms with Gasteiger partial charge in [0.25, 0.3) is 0 Å². The maximum Gasteiger partial charge on any atom is 0.183 e. The number of piperidine rings is 1. The van der Waals surface area contributed by atoms with Crippen LogP contribution < -0.4 is 10.2 Å². The lowest BCUT2D eigenvalue weighted by molar-refractivity contribution is 0.0978. The Balaban J connectivity index is 1.13. The molecule has 0 saturated carbocycles. The number of benzene rings is 3. The smallest absolute Gasteiger partial charge is 0.183 e. The molecule has 0 spiro atoms. The average molecular weight is 534 g/mol. The molecule has 1 fully saturated rings. The number of nitrogens with zero attached hydrogens (tertiary/aromatic N) is 2. The van der Waals surface area contributed by atoms with Gasteiger partial charge in [-0.15, -0.1) is 0 Å². The van der Waals surface area contributed by atoms with Crippen molar-refractivity contribution in [3.05, 3.63) is 114 Å². The van der Waals surface area contributed by atoms with E-state index in [4.69, 9.17) is 0 Å². The van der Waals surface area contributed by atoms with Crippen molar-refractivity contribution in [2.24, 2.45) is 5.92 Å². The number of carbonyl (C=O) groups is 2. The molecule has 0 aliphatic carbocycles. The van der Waals surface area contributed by atoms with Crippen LogP contribution in [0.4, 0.5) is 17.1 Å². The van der Waals surface area contributed by atoms with Gasteiger partial charge in [-0.2, -0.15) is 0 Å². The van der Waals surface area contributed by atoms with E-state index in [0.717, 1.165) is 52.8 Å². The summed E-state index contributed by atoms with van der Waals surface area (Å²) < 4.78 is 2.02. The minimum absolute atomic E-state index is 0.122.